The first-order chi connectivity index (χ1) is 12.8. The van der Waals surface area contributed by atoms with Gasteiger partial charge in [0.1, 0.15) is 12.4 Å². The highest BCUT2D eigenvalue weighted by Gasteiger charge is 2.05. The van der Waals surface area contributed by atoms with Crippen molar-refractivity contribution in [2.75, 3.05) is 26.8 Å². The van der Waals surface area contributed by atoms with Crippen LogP contribution in [0.25, 0.3) is 0 Å². The molecule has 0 atom stereocenters. The van der Waals surface area contributed by atoms with Gasteiger partial charge in [0.15, 0.2) is 5.96 Å². The average molecular weight is 483 g/mol. The fourth-order valence-electron chi connectivity index (χ4n) is 2.45. The predicted octanol–water partition coefficient (Wildman–Crippen LogP) is 3.98. The van der Waals surface area contributed by atoms with Gasteiger partial charge in [-0.25, -0.2) is 0 Å². The molecule has 0 unspecified atom stereocenters. The normalized spacial score (nSPS) is 10.8. The number of halogens is 1. The molecule has 27 heavy (non-hydrogen) atoms. The van der Waals surface area contributed by atoms with Gasteiger partial charge in [-0.05, 0) is 25.0 Å². The van der Waals surface area contributed by atoms with E-state index in [4.69, 9.17) is 9.47 Å². The number of rotatable bonds is 10. The van der Waals surface area contributed by atoms with E-state index in [1.165, 1.54) is 0 Å². The highest BCUT2D eigenvalue weighted by atomic mass is 127. The van der Waals surface area contributed by atoms with Gasteiger partial charge in [-0.15, -0.1) is 24.0 Å². The van der Waals surface area contributed by atoms with Gasteiger partial charge in [-0.3, -0.25) is 4.99 Å². The predicted molar refractivity (Wildman–Crippen MR) is 122 cm³/mol. The van der Waals surface area contributed by atoms with Gasteiger partial charge >= 0.3 is 0 Å². The maximum atomic E-state index is 6.00. The van der Waals surface area contributed by atoms with Crippen molar-refractivity contribution in [3.63, 3.8) is 0 Å². The second kappa shape index (κ2) is 14.3. The molecule has 2 aromatic carbocycles. The number of aliphatic imine (C=N–C) groups is 1. The molecular formula is C21H30IN3O2. The first-order valence-corrected chi connectivity index (χ1v) is 9.10. The van der Waals surface area contributed by atoms with E-state index in [1.807, 2.05) is 43.3 Å². The topological polar surface area (TPSA) is 54.9 Å². The Morgan fingerprint density at radius 3 is 2.48 bits per heavy atom. The number of benzene rings is 2. The van der Waals surface area contributed by atoms with Gasteiger partial charge in [0.05, 0.1) is 0 Å². The molecule has 0 bridgehead atoms. The van der Waals surface area contributed by atoms with E-state index in [9.17, 15) is 0 Å². The van der Waals surface area contributed by atoms with Crippen molar-refractivity contribution in [2.24, 2.45) is 4.99 Å². The first kappa shape index (κ1) is 23.2. The molecule has 0 heterocycles. The molecule has 5 nitrogen and oxygen atoms in total. The maximum absolute atomic E-state index is 6.00. The fraction of sp³-hybridized carbons (Fsp3) is 0.381. The third-order valence-corrected chi connectivity index (χ3v) is 3.84. The first-order valence-electron chi connectivity index (χ1n) is 9.10. The number of nitrogens with one attached hydrogen (secondary N) is 2. The van der Waals surface area contributed by atoms with Crippen LogP contribution in [0.3, 0.4) is 0 Å². The summed E-state index contributed by atoms with van der Waals surface area (Å²) in [5.74, 6) is 1.66. The average Bonchev–Trinajstić information content (AvgIpc) is 2.70. The lowest BCUT2D eigenvalue weighted by molar-refractivity contribution is 0.145. The van der Waals surface area contributed by atoms with E-state index in [2.05, 4.69) is 33.8 Å². The van der Waals surface area contributed by atoms with Crippen LogP contribution in [0.1, 0.15) is 24.5 Å². The van der Waals surface area contributed by atoms with Crippen LogP contribution < -0.4 is 15.4 Å². The Kier molecular flexibility index (Phi) is 12.3. The minimum Gasteiger partial charge on any atom is -0.489 e. The molecule has 0 aromatic heterocycles. The van der Waals surface area contributed by atoms with Gasteiger partial charge in [0.2, 0.25) is 0 Å². The zero-order chi connectivity index (χ0) is 18.5. The van der Waals surface area contributed by atoms with Crippen molar-refractivity contribution in [1.29, 1.82) is 0 Å². The maximum Gasteiger partial charge on any atom is 0.191 e. The molecule has 0 saturated carbocycles. The Labute approximate surface area is 179 Å². The summed E-state index contributed by atoms with van der Waals surface area (Å²) in [7, 11) is 1.77. The minimum absolute atomic E-state index is 0. The molecule has 6 heteroatoms. The second-order valence-electron chi connectivity index (χ2n) is 5.79. The summed E-state index contributed by atoms with van der Waals surface area (Å²) >= 11 is 0. The van der Waals surface area contributed by atoms with Gasteiger partial charge < -0.3 is 20.1 Å². The van der Waals surface area contributed by atoms with Crippen molar-refractivity contribution in [1.82, 2.24) is 10.6 Å². The molecule has 0 spiro atoms. The van der Waals surface area contributed by atoms with Gasteiger partial charge in [-0.2, -0.15) is 0 Å². The van der Waals surface area contributed by atoms with Crippen LogP contribution in [0, 0.1) is 0 Å². The number of hydrogen-bond donors (Lipinski definition) is 2. The lowest BCUT2D eigenvalue weighted by Gasteiger charge is -2.15. The largest absolute Gasteiger partial charge is 0.489 e. The van der Waals surface area contributed by atoms with Crippen molar-refractivity contribution < 1.29 is 9.47 Å². The van der Waals surface area contributed by atoms with Crippen LogP contribution in [0.4, 0.5) is 0 Å². The number of guanidine groups is 1. The fourth-order valence-corrected chi connectivity index (χ4v) is 2.45. The highest BCUT2D eigenvalue weighted by Crippen LogP contribution is 2.19. The van der Waals surface area contributed by atoms with E-state index in [0.29, 0.717) is 13.2 Å². The van der Waals surface area contributed by atoms with Crippen molar-refractivity contribution >= 4 is 29.9 Å². The molecule has 2 rings (SSSR count). The van der Waals surface area contributed by atoms with Crippen LogP contribution in [-0.4, -0.2) is 32.8 Å². The smallest absolute Gasteiger partial charge is 0.191 e. The van der Waals surface area contributed by atoms with E-state index in [-0.39, 0.29) is 24.0 Å². The van der Waals surface area contributed by atoms with E-state index in [0.717, 1.165) is 49.0 Å². The molecule has 0 aliphatic heterocycles. The molecule has 0 aliphatic carbocycles. The summed E-state index contributed by atoms with van der Waals surface area (Å²) in [4.78, 5) is 4.26. The Morgan fingerprint density at radius 1 is 1.00 bits per heavy atom. The molecule has 0 amide bonds. The second-order valence-corrected chi connectivity index (χ2v) is 5.79. The van der Waals surface area contributed by atoms with E-state index < -0.39 is 0 Å². The van der Waals surface area contributed by atoms with Crippen molar-refractivity contribution in [3.05, 3.63) is 65.7 Å². The third kappa shape index (κ3) is 9.10. The number of hydrogen-bond acceptors (Lipinski definition) is 3. The lowest BCUT2D eigenvalue weighted by Crippen LogP contribution is -2.37. The monoisotopic (exact) mass is 483 g/mol. The Balaban J connectivity index is 0.00000364. The summed E-state index contributed by atoms with van der Waals surface area (Å²) in [5, 5.41) is 6.63. The van der Waals surface area contributed by atoms with Crippen molar-refractivity contribution in [3.8, 4) is 5.75 Å². The van der Waals surface area contributed by atoms with Crippen LogP contribution >= 0.6 is 24.0 Å². The van der Waals surface area contributed by atoms with Crippen LogP contribution in [0.15, 0.2) is 59.6 Å². The van der Waals surface area contributed by atoms with Gasteiger partial charge in [-0.1, -0.05) is 48.5 Å². The number of para-hydroxylation sites is 1. The number of nitrogens with zero attached hydrogens (tertiary/aromatic N) is 1. The minimum atomic E-state index is 0. The molecular weight excluding hydrogens is 453 g/mol. The summed E-state index contributed by atoms with van der Waals surface area (Å²) in [6, 6.07) is 18.3. The number of ether oxygens (including phenoxy) is 2. The lowest BCUT2D eigenvalue weighted by atomic mass is 10.2. The standard InChI is InChI=1S/C21H29N3O2.HI/c1-3-25-15-9-14-23-21(22-2)24-16-19-12-7-8-13-20(19)26-17-18-10-5-4-6-11-18;/h4-8,10-13H,3,9,14-17H2,1-2H3,(H2,22,23,24);1H. The molecule has 0 fully saturated rings. The zero-order valence-corrected chi connectivity index (χ0v) is 18.4. The molecule has 0 saturated heterocycles. The highest BCUT2D eigenvalue weighted by molar-refractivity contribution is 14.0. The van der Waals surface area contributed by atoms with Gasteiger partial charge in [0, 0.05) is 38.9 Å². The molecule has 148 valence electrons. The van der Waals surface area contributed by atoms with Crippen LogP contribution in [0.2, 0.25) is 0 Å². The Bertz CT molecular complexity index is 665. The summed E-state index contributed by atoms with van der Waals surface area (Å²) in [6.45, 7) is 5.55. The Morgan fingerprint density at radius 2 is 1.74 bits per heavy atom. The third-order valence-electron chi connectivity index (χ3n) is 3.84. The SMILES string of the molecule is CCOCCCNC(=NC)NCc1ccccc1OCc1ccccc1.I. The van der Waals surface area contributed by atoms with E-state index in [1.54, 1.807) is 7.05 Å². The Hall–Kier alpha value is -1.80. The molecule has 2 aromatic rings. The summed E-state index contributed by atoms with van der Waals surface area (Å²) in [5.41, 5.74) is 2.25. The summed E-state index contributed by atoms with van der Waals surface area (Å²) in [6.07, 6.45) is 0.950. The van der Waals surface area contributed by atoms with Crippen LogP contribution in [0.5, 0.6) is 5.75 Å². The van der Waals surface area contributed by atoms with E-state index >= 15 is 0 Å². The molecule has 2 N–H and O–H groups in total. The quantitative estimate of drug-likeness (QED) is 0.233. The molecule has 0 aliphatic rings. The van der Waals surface area contributed by atoms with Crippen molar-refractivity contribution in [2.45, 2.75) is 26.5 Å². The van der Waals surface area contributed by atoms with Gasteiger partial charge in [0.25, 0.3) is 0 Å². The molecule has 0 radical (unpaired) electrons. The summed E-state index contributed by atoms with van der Waals surface area (Å²) < 4.78 is 11.3. The van der Waals surface area contributed by atoms with Crippen LogP contribution in [-0.2, 0) is 17.9 Å². The zero-order valence-electron chi connectivity index (χ0n) is 16.1.